The van der Waals surface area contributed by atoms with Crippen LogP contribution in [0.4, 0.5) is 5.69 Å². The Hall–Kier alpha value is -2.17. The van der Waals surface area contributed by atoms with Crippen molar-refractivity contribution in [2.24, 2.45) is 16.9 Å². The summed E-state index contributed by atoms with van der Waals surface area (Å²) >= 11 is 0. The average molecular weight is 343 g/mol. The summed E-state index contributed by atoms with van der Waals surface area (Å²) in [6.45, 7) is 6.13. The van der Waals surface area contributed by atoms with E-state index >= 15 is 0 Å². The van der Waals surface area contributed by atoms with Crippen molar-refractivity contribution >= 4 is 23.2 Å². The number of hydrogen-bond donors (Lipinski definition) is 2. The molecule has 5 heteroatoms. The zero-order valence-corrected chi connectivity index (χ0v) is 15.5. The zero-order chi connectivity index (χ0) is 18.2. The molecule has 0 heterocycles. The third kappa shape index (κ3) is 6.33. The quantitative estimate of drug-likeness (QED) is 0.595. The lowest BCUT2D eigenvalue weighted by molar-refractivity contribution is -0.120. The highest BCUT2D eigenvalue weighted by Crippen LogP contribution is 2.25. The van der Waals surface area contributed by atoms with Gasteiger partial charge in [-0.3, -0.25) is 9.59 Å². The summed E-state index contributed by atoms with van der Waals surface area (Å²) in [6.07, 6.45) is 6.29. The number of hydrazone groups is 1. The summed E-state index contributed by atoms with van der Waals surface area (Å²) in [5, 5.41) is 7.07. The third-order valence-electron chi connectivity index (χ3n) is 4.44. The zero-order valence-electron chi connectivity index (χ0n) is 15.5. The lowest BCUT2D eigenvalue weighted by Gasteiger charge is -2.20. The van der Waals surface area contributed by atoms with Crippen molar-refractivity contribution < 1.29 is 9.59 Å². The summed E-state index contributed by atoms with van der Waals surface area (Å²) in [7, 11) is 0. The van der Waals surface area contributed by atoms with E-state index in [9.17, 15) is 9.59 Å². The molecule has 0 bridgehead atoms. The average Bonchev–Trinajstić information content (AvgIpc) is 2.60. The van der Waals surface area contributed by atoms with Gasteiger partial charge in [-0.15, -0.1) is 0 Å². The highest BCUT2D eigenvalue weighted by Gasteiger charge is 2.21. The summed E-state index contributed by atoms with van der Waals surface area (Å²) in [6, 6.07) is 6.94. The van der Waals surface area contributed by atoms with E-state index in [1.165, 1.54) is 6.42 Å². The summed E-state index contributed by atoms with van der Waals surface area (Å²) in [5.74, 6) is 0.474. The second-order valence-corrected chi connectivity index (χ2v) is 7.29. The van der Waals surface area contributed by atoms with Crippen molar-refractivity contribution in [3.63, 3.8) is 0 Å². The Kier molecular flexibility index (Phi) is 7.16. The Bertz CT molecular complexity index is 614. The number of amides is 2. The molecule has 0 spiro atoms. The number of hydrogen-bond acceptors (Lipinski definition) is 3. The van der Waals surface area contributed by atoms with Gasteiger partial charge in [0.1, 0.15) is 0 Å². The van der Waals surface area contributed by atoms with E-state index in [4.69, 9.17) is 0 Å². The summed E-state index contributed by atoms with van der Waals surface area (Å²) in [4.78, 5) is 24.4. The Labute approximate surface area is 150 Å². The molecule has 1 fully saturated rings. The predicted octanol–water partition coefficient (Wildman–Crippen LogP) is 4.36. The van der Waals surface area contributed by atoms with Gasteiger partial charge in [0.2, 0.25) is 5.91 Å². The predicted molar refractivity (Wildman–Crippen MR) is 102 cm³/mol. The fraction of sp³-hybridized carbons (Fsp3) is 0.550. The number of carbonyl (C=O) groups excluding carboxylic acids is 2. The minimum atomic E-state index is -0.242. The largest absolute Gasteiger partial charge is 0.326 e. The Balaban J connectivity index is 1.88. The molecule has 1 aromatic rings. The van der Waals surface area contributed by atoms with E-state index in [1.54, 1.807) is 24.3 Å². The number of nitrogens with one attached hydrogen (secondary N) is 2. The molecule has 5 nitrogen and oxygen atoms in total. The standard InChI is InChI=1S/C20H29N3O2/c1-14(2)13-15(3)22-23-20(25)17-9-11-18(12-10-17)21-19(24)16-7-5-4-6-8-16/h9-12,14,16H,4-8,13H2,1-3H3,(H,21,24)(H,23,25). The minimum Gasteiger partial charge on any atom is -0.326 e. The van der Waals surface area contributed by atoms with Crippen molar-refractivity contribution in [2.45, 2.75) is 59.3 Å². The molecule has 2 rings (SSSR count). The molecular weight excluding hydrogens is 314 g/mol. The lowest BCUT2D eigenvalue weighted by atomic mass is 9.88. The SMILES string of the molecule is CC(CC(C)C)=NNC(=O)c1ccc(NC(=O)C2CCCCC2)cc1. The Morgan fingerprint density at radius 1 is 1.12 bits per heavy atom. The van der Waals surface area contributed by atoms with Crippen LogP contribution in [0.15, 0.2) is 29.4 Å². The van der Waals surface area contributed by atoms with E-state index in [0.717, 1.165) is 43.5 Å². The van der Waals surface area contributed by atoms with Crippen LogP contribution in [0.3, 0.4) is 0 Å². The van der Waals surface area contributed by atoms with Crippen LogP contribution in [0.1, 0.15) is 69.7 Å². The van der Waals surface area contributed by atoms with Crippen LogP contribution < -0.4 is 10.7 Å². The number of anilines is 1. The van der Waals surface area contributed by atoms with Gasteiger partial charge in [0.25, 0.3) is 5.91 Å². The van der Waals surface area contributed by atoms with E-state index in [2.05, 4.69) is 29.7 Å². The van der Waals surface area contributed by atoms with E-state index in [1.807, 2.05) is 6.92 Å². The van der Waals surface area contributed by atoms with Crippen molar-refractivity contribution in [2.75, 3.05) is 5.32 Å². The van der Waals surface area contributed by atoms with Gasteiger partial charge in [-0.05, 0) is 56.4 Å². The smallest absolute Gasteiger partial charge is 0.271 e. The maximum atomic E-state index is 12.2. The van der Waals surface area contributed by atoms with Crippen LogP contribution in [0.5, 0.6) is 0 Å². The normalized spacial score (nSPS) is 15.9. The first kappa shape index (κ1) is 19.2. The number of benzene rings is 1. The van der Waals surface area contributed by atoms with Crippen molar-refractivity contribution in [3.8, 4) is 0 Å². The Morgan fingerprint density at radius 2 is 1.76 bits per heavy atom. The highest BCUT2D eigenvalue weighted by molar-refractivity contribution is 5.97. The maximum absolute atomic E-state index is 12.2. The minimum absolute atomic E-state index is 0.0887. The summed E-state index contributed by atoms with van der Waals surface area (Å²) < 4.78 is 0. The van der Waals surface area contributed by atoms with Gasteiger partial charge in [0, 0.05) is 22.9 Å². The first-order chi connectivity index (χ1) is 12.0. The molecule has 1 aromatic carbocycles. The van der Waals surface area contributed by atoms with Crippen LogP contribution in [-0.2, 0) is 4.79 Å². The highest BCUT2D eigenvalue weighted by atomic mass is 16.2. The maximum Gasteiger partial charge on any atom is 0.271 e. The van der Waals surface area contributed by atoms with Crippen LogP contribution >= 0.6 is 0 Å². The summed E-state index contributed by atoms with van der Waals surface area (Å²) in [5.41, 5.74) is 4.73. The van der Waals surface area contributed by atoms with Gasteiger partial charge in [-0.2, -0.15) is 5.10 Å². The van der Waals surface area contributed by atoms with E-state index < -0.39 is 0 Å². The first-order valence-electron chi connectivity index (χ1n) is 9.20. The number of nitrogens with zero attached hydrogens (tertiary/aromatic N) is 1. The number of rotatable bonds is 6. The lowest BCUT2D eigenvalue weighted by Crippen LogP contribution is -2.24. The molecule has 0 aromatic heterocycles. The molecule has 0 unspecified atom stereocenters. The molecule has 1 aliphatic rings. The van der Waals surface area contributed by atoms with Crippen LogP contribution in [0.2, 0.25) is 0 Å². The molecule has 1 saturated carbocycles. The molecule has 2 amide bonds. The topological polar surface area (TPSA) is 70.6 Å². The fourth-order valence-corrected chi connectivity index (χ4v) is 3.16. The molecule has 136 valence electrons. The molecular formula is C20H29N3O2. The Morgan fingerprint density at radius 3 is 2.36 bits per heavy atom. The number of carbonyl (C=O) groups is 2. The van der Waals surface area contributed by atoms with Crippen LogP contribution in [-0.4, -0.2) is 17.5 Å². The molecule has 2 N–H and O–H groups in total. The van der Waals surface area contributed by atoms with Gasteiger partial charge in [-0.1, -0.05) is 33.1 Å². The first-order valence-corrected chi connectivity index (χ1v) is 9.20. The second kappa shape index (κ2) is 9.35. The molecule has 0 radical (unpaired) electrons. The molecule has 0 saturated heterocycles. The monoisotopic (exact) mass is 343 g/mol. The van der Waals surface area contributed by atoms with Crippen molar-refractivity contribution in [1.82, 2.24) is 5.43 Å². The third-order valence-corrected chi connectivity index (χ3v) is 4.44. The van der Waals surface area contributed by atoms with Gasteiger partial charge in [0.05, 0.1) is 0 Å². The second-order valence-electron chi connectivity index (χ2n) is 7.29. The van der Waals surface area contributed by atoms with Crippen molar-refractivity contribution in [3.05, 3.63) is 29.8 Å². The van der Waals surface area contributed by atoms with Gasteiger partial charge in [0.15, 0.2) is 0 Å². The molecule has 0 atom stereocenters. The molecule has 25 heavy (non-hydrogen) atoms. The van der Waals surface area contributed by atoms with Crippen LogP contribution in [0, 0.1) is 11.8 Å². The van der Waals surface area contributed by atoms with Gasteiger partial charge in [-0.25, -0.2) is 5.43 Å². The van der Waals surface area contributed by atoms with Gasteiger partial charge >= 0.3 is 0 Å². The molecule has 1 aliphatic carbocycles. The van der Waals surface area contributed by atoms with Crippen molar-refractivity contribution in [1.29, 1.82) is 0 Å². The van der Waals surface area contributed by atoms with E-state index in [-0.39, 0.29) is 17.7 Å². The molecule has 0 aliphatic heterocycles. The fourth-order valence-electron chi connectivity index (χ4n) is 3.16. The van der Waals surface area contributed by atoms with Crippen LogP contribution in [0.25, 0.3) is 0 Å². The van der Waals surface area contributed by atoms with E-state index in [0.29, 0.717) is 11.5 Å². The van der Waals surface area contributed by atoms with Gasteiger partial charge < -0.3 is 5.32 Å².